The zero-order valence-electron chi connectivity index (χ0n) is 25.0. The second-order valence-electron chi connectivity index (χ2n) is 11.6. The summed E-state index contributed by atoms with van der Waals surface area (Å²) in [5, 5.41) is 3.51. The van der Waals surface area contributed by atoms with Gasteiger partial charge >= 0.3 is 0 Å². The first kappa shape index (κ1) is 26.6. The molecule has 4 heterocycles. The molecule has 0 radical (unpaired) electrons. The molecule has 1 aliphatic rings. The van der Waals surface area contributed by atoms with E-state index in [1.54, 1.807) is 11.3 Å². The van der Waals surface area contributed by atoms with Gasteiger partial charge in [0.15, 0.2) is 0 Å². The summed E-state index contributed by atoms with van der Waals surface area (Å²) in [6.45, 7) is 5.23. The molecule has 0 aliphatic carbocycles. The third kappa shape index (κ3) is 4.28. The Morgan fingerprint density at radius 1 is 0.674 bits per heavy atom. The molecule has 5 heteroatoms. The van der Waals surface area contributed by atoms with E-state index >= 15 is 0 Å². The molecular formula is C41H28N4S. The van der Waals surface area contributed by atoms with Crippen LogP contribution in [-0.2, 0) is 0 Å². The lowest BCUT2D eigenvalue weighted by molar-refractivity contribution is 1.01. The molecule has 0 atom stereocenters. The molecule has 0 amide bonds. The van der Waals surface area contributed by atoms with E-state index in [1.807, 2.05) is 6.20 Å². The number of thiophene rings is 1. The minimum absolute atomic E-state index is 0.685. The predicted molar refractivity (Wildman–Crippen MR) is 195 cm³/mol. The van der Waals surface area contributed by atoms with Gasteiger partial charge in [-0.25, -0.2) is 9.97 Å². The summed E-state index contributed by atoms with van der Waals surface area (Å²) in [4.78, 5) is 12.4. The maximum absolute atomic E-state index is 5.14. The molecule has 0 saturated heterocycles. The lowest BCUT2D eigenvalue weighted by Crippen LogP contribution is -2.18. The molecule has 5 aromatic carbocycles. The van der Waals surface area contributed by atoms with Gasteiger partial charge in [0.05, 0.1) is 27.4 Å². The van der Waals surface area contributed by atoms with E-state index in [0.29, 0.717) is 5.95 Å². The largest absolute Gasteiger partial charge is 0.337 e. The van der Waals surface area contributed by atoms with Crippen LogP contribution in [0.5, 0.6) is 0 Å². The molecule has 218 valence electrons. The van der Waals surface area contributed by atoms with Crippen LogP contribution in [0.2, 0.25) is 0 Å². The normalized spacial score (nSPS) is 14.8. The van der Waals surface area contributed by atoms with E-state index in [2.05, 4.69) is 156 Å². The van der Waals surface area contributed by atoms with E-state index < -0.39 is 0 Å². The number of hydrogen-bond acceptors (Lipinski definition) is 4. The minimum atomic E-state index is 0.685. The first-order valence-corrected chi connectivity index (χ1v) is 16.2. The Bertz CT molecular complexity index is 2530. The number of aromatic nitrogens is 3. The second kappa shape index (κ2) is 10.7. The van der Waals surface area contributed by atoms with E-state index in [0.717, 1.165) is 61.4 Å². The highest BCUT2D eigenvalue weighted by molar-refractivity contribution is 7.25. The summed E-state index contributed by atoms with van der Waals surface area (Å²) in [5.74, 6) is 0.685. The second-order valence-corrected chi connectivity index (χ2v) is 12.6. The van der Waals surface area contributed by atoms with Gasteiger partial charge in [-0.05, 0) is 65.2 Å². The van der Waals surface area contributed by atoms with Gasteiger partial charge in [0.1, 0.15) is 0 Å². The van der Waals surface area contributed by atoms with Gasteiger partial charge in [-0.1, -0.05) is 97.6 Å². The number of hydrogen-bond donors (Lipinski definition) is 0. The molecule has 0 bridgehead atoms. The maximum atomic E-state index is 5.14. The van der Waals surface area contributed by atoms with Crippen LogP contribution in [0.15, 0.2) is 152 Å². The van der Waals surface area contributed by atoms with Crippen LogP contribution in [0, 0.1) is 0 Å². The lowest BCUT2D eigenvalue weighted by Gasteiger charge is -2.27. The molecule has 0 unspecified atom stereocenters. The van der Waals surface area contributed by atoms with Crippen molar-refractivity contribution in [2.24, 2.45) is 0 Å². The summed E-state index contributed by atoms with van der Waals surface area (Å²) in [7, 11) is 0. The Balaban J connectivity index is 1.20. The fraction of sp³-hybridized carbons (Fsp3) is 0.0244. The lowest BCUT2D eigenvalue weighted by atomic mass is 9.96. The highest BCUT2D eigenvalue weighted by Gasteiger charge is 2.19. The topological polar surface area (TPSA) is 34.0 Å². The van der Waals surface area contributed by atoms with Gasteiger partial charge in [-0.2, -0.15) is 0 Å². The van der Waals surface area contributed by atoms with Crippen LogP contribution in [0.4, 0.5) is 11.4 Å². The van der Waals surface area contributed by atoms with Gasteiger partial charge in [0.25, 0.3) is 0 Å². The van der Waals surface area contributed by atoms with Crippen LogP contribution >= 0.6 is 11.3 Å². The smallest absolute Gasteiger partial charge is 0.235 e. The first-order valence-electron chi connectivity index (χ1n) is 15.4. The SMILES string of the molecule is C=C1/C=C\C=C/CN(c2ccccc2)c2ccc(-c3ccc4c(c3)c3ccccc3n4-c3ncc4sc5ccccc5c4n3)cc21. The number of fused-ring (bicyclic) bond motifs is 7. The molecule has 8 aromatic rings. The maximum Gasteiger partial charge on any atom is 0.235 e. The fourth-order valence-electron chi connectivity index (χ4n) is 6.64. The van der Waals surface area contributed by atoms with E-state index in [4.69, 9.17) is 9.97 Å². The van der Waals surface area contributed by atoms with Gasteiger partial charge < -0.3 is 4.90 Å². The van der Waals surface area contributed by atoms with Crippen molar-refractivity contribution < 1.29 is 0 Å². The van der Waals surface area contributed by atoms with E-state index in [1.165, 1.54) is 20.9 Å². The van der Waals surface area contributed by atoms with Crippen LogP contribution in [0.1, 0.15) is 5.56 Å². The summed E-state index contributed by atoms with van der Waals surface area (Å²) >= 11 is 1.74. The van der Waals surface area contributed by atoms with Crippen molar-refractivity contribution in [3.05, 3.63) is 158 Å². The van der Waals surface area contributed by atoms with Crippen LogP contribution in [0.3, 0.4) is 0 Å². The van der Waals surface area contributed by atoms with Crippen molar-refractivity contribution in [3.63, 3.8) is 0 Å². The van der Waals surface area contributed by atoms with Crippen LogP contribution in [0.25, 0.3) is 64.8 Å². The van der Waals surface area contributed by atoms with Crippen molar-refractivity contribution in [3.8, 4) is 17.1 Å². The number of anilines is 2. The number of para-hydroxylation sites is 2. The number of benzene rings is 5. The number of nitrogens with zero attached hydrogens (tertiary/aromatic N) is 4. The minimum Gasteiger partial charge on any atom is -0.337 e. The van der Waals surface area contributed by atoms with E-state index in [9.17, 15) is 0 Å². The van der Waals surface area contributed by atoms with Crippen molar-refractivity contribution in [2.45, 2.75) is 0 Å². The molecule has 0 fully saturated rings. The molecule has 46 heavy (non-hydrogen) atoms. The Hall–Kier alpha value is -5.78. The zero-order valence-corrected chi connectivity index (χ0v) is 25.8. The Kier molecular flexibility index (Phi) is 6.18. The Labute approximate surface area is 270 Å². The van der Waals surface area contributed by atoms with E-state index in [-0.39, 0.29) is 0 Å². The average Bonchev–Trinajstić information content (AvgIpc) is 3.66. The third-order valence-electron chi connectivity index (χ3n) is 8.84. The predicted octanol–water partition coefficient (Wildman–Crippen LogP) is 10.9. The summed E-state index contributed by atoms with van der Waals surface area (Å²) < 4.78 is 4.52. The molecular weight excluding hydrogens is 581 g/mol. The Morgan fingerprint density at radius 3 is 2.35 bits per heavy atom. The van der Waals surface area contributed by atoms with Crippen molar-refractivity contribution in [1.29, 1.82) is 0 Å². The first-order chi connectivity index (χ1) is 22.7. The highest BCUT2D eigenvalue weighted by Crippen LogP contribution is 2.39. The van der Waals surface area contributed by atoms with Crippen LogP contribution in [-0.4, -0.2) is 21.1 Å². The quantitative estimate of drug-likeness (QED) is 0.200. The number of rotatable bonds is 3. The molecule has 9 rings (SSSR count). The standard InChI is InChI=1S/C41H28N4S/c1-27-12-4-3-11-23-44(30-13-5-2-6-14-30)35-21-19-28(24-33(27)35)29-20-22-37-34(25-29)31-15-7-9-17-36(31)45(37)41-42-26-39-40(43-41)32-16-8-10-18-38(32)46-39/h2-22,24-26H,1,23H2/b11-3-,12-4-. The summed E-state index contributed by atoms with van der Waals surface area (Å²) in [6.07, 6.45) is 10.4. The zero-order chi connectivity index (χ0) is 30.6. The highest BCUT2D eigenvalue weighted by atomic mass is 32.1. The Morgan fingerprint density at radius 2 is 1.43 bits per heavy atom. The van der Waals surface area contributed by atoms with Crippen molar-refractivity contribution in [1.82, 2.24) is 14.5 Å². The molecule has 0 saturated carbocycles. The van der Waals surface area contributed by atoms with Gasteiger partial charge in [0.2, 0.25) is 5.95 Å². The van der Waals surface area contributed by atoms with Crippen LogP contribution < -0.4 is 4.90 Å². The van der Waals surface area contributed by atoms with Crippen molar-refractivity contribution >= 4 is 70.4 Å². The van der Waals surface area contributed by atoms with Gasteiger partial charge in [-0.3, -0.25) is 4.57 Å². The molecule has 3 aromatic heterocycles. The molecule has 0 N–H and O–H groups in total. The van der Waals surface area contributed by atoms with Gasteiger partial charge in [0, 0.05) is 44.3 Å². The monoisotopic (exact) mass is 608 g/mol. The number of allylic oxidation sites excluding steroid dienone is 4. The average molecular weight is 609 g/mol. The third-order valence-corrected chi connectivity index (χ3v) is 9.94. The molecule has 1 aliphatic heterocycles. The molecule has 0 spiro atoms. The fourth-order valence-corrected chi connectivity index (χ4v) is 7.66. The summed E-state index contributed by atoms with van der Waals surface area (Å²) in [6, 6.07) is 41.0. The molecule has 4 nitrogen and oxygen atoms in total. The summed E-state index contributed by atoms with van der Waals surface area (Å²) in [5.41, 5.74) is 9.87. The van der Waals surface area contributed by atoms with Gasteiger partial charge in [-0.15, -0.1) is 11.3 Å². The van der Waals surface area contributed by atoms with Crippen molar-refractivity contribution in [2.75, 3.05) is 11.4 Å².